The van der Waals surface area contributed by atoms with Crippen molar-refractivity contribution in [3.05, 3.63) is 66.5 Å². The number of anilines is 3. The molecule has 0 saturated heterocycles. The molecule has 3 N–H and O–H groups in total. The lowest BCUT2D eigenvalue weighted by atomic mass is 10.0. The van der Waals surface area contributed by atoms with Crippen LogP contribution in [-0.2, 0) is 0 Å². The maximum Gasteiger partial charge on any atom is 0.156 e. The summed E-state index contributed by atoms with van der Waals surface area (Å²) in [4.78, 5) is 0. The molecule has 3 aromatic rings. The van der Waals surface area contributed by atoms with Gasteiger partial charge in [0.05, 0.1) is 23.6 Å². The summed E-state index contributed by atoms with van der Waals surface area (Å²) >= 11 is 0. The Morgan fingerprint density at radius 1 is 0.759 bits per heavy atom. The van der Waals surface area contributed by atoms with E-state index in [1.807, 2.05) is 76.2 Å². The maximum atomic E-state index is 15.3. The summed E-state index contributed by atoms with van der Waals surface area (Å²) in [7, 11) is 0. The minimum Gasteiger partial charge on any atom is -0.491 e. The number of nitrogen functional groups attached to an aromatic ring is 1. The van der Waals surface area contributed by atoms with E-state index in [2.05, 4.69) is 5.32 Å². The Hall–Kier alpha value is -3.21. The fourth-order valence-electron chi connectivity index (χ4n) is 2.96. The van der Waals surface area contributed by atoms with Crippen LogP contribution in [0.4, 0.5) is 21.5 Å². The average Bonchev–Trinajstić information content (AvgIpc) is 2.66. The molecule has 0 aromatic heterocycles. The molecule has 152 valence electrons. The van der Waals surface area contributed by atoms with Crippen LogP contribution in [0.3, 0.4) is 0 Å². The van der Waals surface area contributed by atoms with Crippen LogP contribution in [0, 0.1) is 5.82 Å². The molecule has 0 bridgehead atoms. The van der Waals surface area contributed by atoms with E-state index in [4.69, 9.17) is 15.2 Å². The Bertz CT molecular complexity index is 952. The summed E-state index contributed by atoms with van der Waals surface area (Å²) in [6.07, 6.45) is 0.179. The number of nitrogens with one attached hydrogen (secondary N) is 1. The molecule has 0 heterocycles. The van der Waals surface area contributed by atoms with Gasteiger partial charge in [-0.1, -0.05) is 12.1 Å². The first-order valence-electron chi connectivity index (χ1n) is 9.72. The Morgan fingerprint density at radius 3 is 1.79 bits per heavy atom. The molecule has 0 aliphatic rings. The van der Waals surface area contributed by atoms with Crippen LogP contribution in [0.5, 0.6) is 11.5 Å². The van der Waals surface area contributed by atoms with Crippen LogP contribution >= 0.6 is 0 Å². The smallest absolute Gasteiger partial charge is 0.156 e. The maximum absolute atomic E-state index is 15.3. The zero-order valence-corrected chi connectivity index (χ0v) is 17.2. The Labute approximate surface area is 171 Å². The van der Waals surface area contributed by atoms with Crippen LogP contribution in [0.2, 0.25) is 0 Å². The van der Waals surface area contributed by atoms with Gasteiger partial charge in [0.15, 0.2) is 5.82 Å². The highest BCUT2D eigenvalue weighted by Crippen LogP contribution is 2.35. The fraction of sp³-hybridized carbons (Fsp3) is 0.250. The number of hydrogen-bond acceptors (Lipinski definition) is 4. The fourth-order valence-corrected chi connectivity index (χ4v) is 2.96. The molecule has 0 saturated carbocycles. The SMILES string of the molecule is CC(C)Oc1ccc(Nc2c(N)ccc(-c3ccc(OC(C)C)cc3)c2F)cc1. The van der Waals surface area contributed by atoms with E-state index in [0.717, 1.165) is 22.7 Å². The Balaban J connectivity index is 1.85. The molecule has 0 aliphatic carbocycles. The zero-order valence-electron chi connectivity index (χ0n) is 17.2. The monoisotopic (exact) mass is 394 g/mol. The third-order valence-corrected chi connectivity index (χ3v) is 4.21. The molecule has 0 atom stereocenters. The van der Waals surface area contributed by atoms with Crippen molar-refractivity contribution in [2.75, 3.05) is 11.1 Å². The summed E-state index contributed by atoms with van der Waals surface area (Å²) in [6, 6.07) is 18.1. The van der Waals surface area contributed by atoms with Crippen molar-refractivity contribution in [2.24, 2.45) is 0 Å². The van der Waals surface area contributed by atoms with E-state index in [9.17, 15) is 0 Å². The van der Waals surface area contributed by atoms with Gasteiger partial charge in [-0.3, -0.25) is 0 Å². The Kier molecular flexibility index (Phi) is 6.27. The molecule has 29 heavy (non-hydrogen) atoms. The van der Waals surface area contributed by atoms with E-state index in [-0.39, 0.29) is 17.9 Å². The number of rotatable bonds is 7. The summed E-state index contributed by atoms with van der Waals surface area (Å²) < 4.78 is 26.6. The minimum atomic E-state index is -0.398. The van der Waals surface area contributed by atoms with E-state index in [1.54, 1.807) is 12.1 Å². The van der Waals surface area contributed by atoms with Gasteiger partial charge in [0.1, 0.15) is 11.5 Å². The van der Waals surface area contributed by atoms with E-state index in [0.29, 0.717) is 11.3 Å². The van der Waals surface area contributed by atoms with Crippen LogP contribution in [0.25, 0.3) is 11.1 Å². The highest BCUT2D eigenvalue weighted by molar-refractivity contribution is 5.80. The number of benzene rings is 3. The van der Waals surface area contributed by atoms with Crippen molar-refractivity contribution in [3.63, 3.8) is 0 Å². The summed E-state index contributed by atoms with van der Waals surface area (Å²) in [5.41, 5.74) is 8.59. The summed E-state index contributed by atoms with van der Waals surface area (Å²) in [6.45, 7) is 7.87. The van der Waals surface area contributed by atoms with Gasteiger partial charge in [-0.25, -0.2) is 4.39 Å². The molecule has 5 heteroatoms. The van der Waals surface area contributed by atoms with E-state index >= 15 is 4.39 Å². The second-order valence-corrected chi connectivity index (χ2v) is 7.40. The molecule has 0 fully saturated rings. The molecule has 0 unspecified atom stereocenters. The van der Waals surface area contributed by atoms with Crippen molar-refractivity contribution < 1.29 is 13.9 Å². The van der Waals surface area contributed by atoms with E-state index < -0.39 is 5.82 Å². The highest BCUT2D eigenvalue weighted by Gasteiger charge is 2.14. The molecular weight excluding hydrogens is 367 g/mol. The first kappa shape index (κ1) is 20.5. The molecule has 3 aromatic carbocycles. The molecule has 4 nitrogen and oxygen atoms in total. The number of hydrogen-bond donors (Lipinski definition) is 2. The lowest BCUT2D eigenvalue weighted by Crippen LogP contribution is -2.05. The molecule has 0 amide bonds. The topological polar surface area (TPSA) is 56.5 Å². The van der Waals surface area contributed by atoms with Crippen molar-refractivity contribution in [1.82, 2.24) is 0 Å². The predicted octanol–water partition coefficient (Wildman–Crippen LogP) is 6.39. The normalized spacial score (nSPS) is 11.0. The number of ether oxygens (including phenoxy) is 2. The van der Waals surface area contributed by atoms with Gasteiger partial charge < -0.3 is 20.5 Å². The van der Waals surface area contributed by atoms with Crippen molar-refractivity contribution in [3.8, 4) is 22.6 Å². The third kappa shape index (κ3) is 5.19. The highest BCUT2D eigenvalue weighted by atomic mass is 19.1. The van der Waals surface area contributed by atoms with Gasteiger partial charge in [-0.15, -0.1) is 0 Å². The Morgan fingerprint density at radius 2 is 1.28 bits per heavy atom. The first-order chi connectivity index (χ1) is 13.8. The average molecular weight is 394 g/mol. The number of nitrogens with two attached hydrogens (primary N) is 1. The molecule has 0 spiro atoms. The van der Waals surface area contributed by atoms with Crippen LogP contribution < -0.4 is 20.5 Å². The van der Waals surface area contributed by atoms with Crippen molar-refractivity contribution in [1.29, 1.82) is 0 Å². The predicted molar refractivity (Wildman–Crippen MR) is 118 cm³/mol. The zero-order chi connectivity index (χ0) is 21.0. The van der Waals surface area contributed by atoms with Gasteiger partial charge in [-0.2, -0.15) is 0 Å². The van der Waals surface area contributed by atoms with Crippen LogP contribution in [0.1, 0.15) is 27.7 Å². The summed E-state index contributed by atoms with van der Waals surface area (Å²) in [5.74, 6) is 1.11. The van der Waals surface area contributed by atoms with E-state index in [1.165, 1.54) is 0 Å². The standard InChI is InChI=1S/C24H27FN2O2/c1-15(2)28-19-9-5-17(6-10-19)21-13-14-22(26)24(23(21)25)27-18-7-11-20(12-8-18)29-16(3)4/h5-16,27H,26H2,1-4H3. The molecular formula is C24H27FN2O2. The molecule has 0 aliphatic heterocycles. The minimum absolute atomic E-state index is 0.0854. The molecule has 3 rings (SSSR count). The lowest BCUT2D eigenvalue weighted by molar-refractivity contribution is 0.242. The number of halogens is 1. The quantitative estimate of drug-likeness (QED) is 0.456. The first-order valence-corrected chi connectivity index (χ1v) is 9.72. The van der Waals surface area contributed by atoms with Gasteiger partial charge in [0, 0.05) is 11.3 Å². The molecule has 0 radical (unpaired) electrons. The summed E-state index contributed by atoms with van der Waals surface area (Å²) in [5, 5.41) is 3.09. The van der Waals surface area contributed by atoms with Gasteiger partial charge >= 0.3 is 0 Å². The van der Waals surface area contributed by atoms with Crippen LogP contribution in [-0.4, -0.2) is 12.2 Å². The van der Waals surface area contributed by atoms with Crippen LogP contribution in [0.15, 0.2) is 60.7 Å². The van der Waals surface area contributed by atoms with Gasteiger partial charge in [0.25, 0.3) is 0 Å². The largest absolute Gasteiger partial charge is 0.491 e. The second kappa shape index (κ2) is 8.86. The van der Waals surface area contributed by atoms with Crippen molar-refractivity contribution in [2.45, 2.75) is 39.9 Å². The lowest BCUT2D eigenvalue weighted by Gasteiger charge is -2.15. The van der Waals surface area contributed by atoms with Crippen molar-refractivity contribution >= 4 is 17.1 Å². The third-order valence-electron chi connectivity index (χ3n) is 4.21. The van der Waals surface area contributed by atoms with Gasteiger partial charge in [0.2, 0.25) is 0 Å². The second-order valence-electron chi connectivity index (χ2n) is 7.40. The van der Waals surface area contributed by atoms with Gasteiger partial charge in [-0.05, 0) is 81.8 Å².